The van der Waals surface area contributed by atoms with E-state index in [-0.39, 0.29) is 5.56 Å². The van der Waals surface area contributed by atoms with Crippen molar-refractivity contribution >= 4 is 60.3 Å². The van der Waals surface area contributed by atoms with E-state index in [0.29, 0.717) is 22.2 Å². The van der Waals surface area contributed by atoms with Crippen molar-refractivity contribution in [3.63, 3.8) is 0 Å². The van der Waals surface area contributed by atoms with Crippen LogP contribution in [0.4, 0.5) is 0 Å². The summed E-state index contributed by atoms with van der Waals surface area (Å²) < 4.78 is 7.80. The van der Waals surface area contributed by atoms with Crippen LogP contribution >= 0.6 is 0 Å². The zero-order valence-electron chi connectivity index (χ0n) is 22.3. The number of fused-ring (bicyclic) bond motifs is 10. The summed E-state index contributed by atoms with van der Waals surface area (Å²) in [7, 11) is 0. The lowest BCUT2D eigenvalue weighted by molar-refractivity contribution is 0.669. The fourth-order valence-electron chi connectivity index (χ4n) is 6.31. The Labute approximate surface area is 238 Å². The quantitative estimate of drug-likeness (QED) is 0.163. The highest BCUT2D eigenvalue weighted by Crippen LogP contribution is 2.37. The number of furan rings is 1. The Balaban J connectivity index is 1.37. The molecular weight excluding hydrogens is 518 g/mol. The number of benzene rings is 5. The number of rotatable bonds is 2. The first-order valence-corrected chi connectivity index (χ1v) is 13.9. The van der Waals surface area contributed by atoms with E-state index in [1.54, 1.807) is 10.6 Å². The number of nitrogens with zero attached hydrogens (tertiary/aromatic N) is 3. The van der Waals surface area contributed by atoms with Gasteiger partial charge in [-0.2, -0.15) is 0 Å². The third-order valence-electron chi connectivity index (χ3n) is 8.24. The molecule has 0 N–H and O–H groups in total. The Morgan fingerprint density at radius 3 is 2.26 bits per heavy atom. The predicted octanol–water partition coefficient (Wildman–Crippen LogP) is 8.78. The van der Waals surface area contributed by atoms with Crippen molar-refractivity contribution < 1.29 is 4.42 Å². The van der Waals surface area contributed by atoms with Gasteiger partial charge in [0, 0.05) is 27.7 Å². The summed E-state index contributed by atoms with van der Waals surface area (Å²) in [4.78, 5) is 24.1. The number of hydrogen-bond acceptors (Lipinski definition) is 4. The maximum atomic E-state index is 14.4. The van der Waals surface area contributed by atoms with E-state index in [1.165, 1.54) is 0 Å². The fraction of sp³-hybridized carbons (Fsp3) is 0. The molecule has 0 saturated heterocycles. The highest BCUT2D eigenvalue weighted by atomic mass is 16.3. The average molecular weight is 540 g/mol. The van der Waals surface area contributed by atoms with E-state index >= 15 is 0 Å². The lowest BCUT2D eigenvalue weighted by atomic mass is 9.98. The molecule has 5 nitrogen and oxygen atoms in total. The zero-order chi connectivity index (χ0) is 27.8. The molecule has 9 rings (SSSR count). The lowest BCUT2D eigenvalue weighted by Gasteiger charge is -2.13. The third-order valence-corrected chi connectivity index (χ3v) is 8.24. The van der Waals surface area contributed by atoms with Crippen molar-refractivity contribution in [1.82, 2.24) is 14.4 Å². The second kappa shape index (κ2) is 8.59. The van der Waals surface area contributed by atoms with Gasteiger partial charge in [0.05, 0.1) is 10.9 Å². The van der Waals surface area contributed by atoms with Crippen molar-refractivity contribution in [2.75, 3.05) is 0 Å². The maximum absolute atomic E-state index is 14.4. The smallest absolute Gasteiger partial charge is 0.267 e. The van der Waals surface area contributed by atoms with Gasteiger partial charge in [-0.15, -0.1) is 0 Å². The zero-order valence-corrected chi connectivity index (χ0v) is 22.3. The van der Waals surface area contributed by atoms with E-state index < -0.39 is 0 Å². The van der Waals surface area contributed by atoms with Crippen LogP contribution in [0.25, 0.3) is 82.5 Å². The summed E-state index contributed by atoms with van der Waals surface area (Å²) in [6.07, 6.45) is 1.73. The predicted molar refractivity (Wildman–Crippen MR) is 170 cm³/mol. The largest absolute Gasteiger partial charge is 0.456 e. The van der Waals surface area contributed by atoms with Gasteiger partial charge in [-0.3, -0.25) is 4.79 Å². The van der Waals surface area contributed by atoms with E-state index in [4.69, 9.17) is 9.40 Å². The molecule has 0 spiro atoms. The first-order valence-electron chi connectivity index (χ1n) is 13.9. The second-order valence-electron chi connectivity index (χ2n) is 10.6. The topological polar surface area (TPSA) is 60.4 Å². The number of hydrogen-bond donors (Lipinski definition) is 0. The standard InChI is InChI=1S/C37H21N3O2/c41-37-30-21-24(25-11-6-14-33-34(25)28-10-4-5-13-32(28)42-33)16-18-31(30)39-36-29-20-23(22-8-2-1-3-9-22)15-17-26(29)27-12-7-19-38-35(27)40(36)37/h1-21H. The average Bonchev–Trinajstić information content (AvgIpc) is 3.44. The molecule has 0 atom stereocenters. The highest BCUT2D eigenvalue weighted by Gasteiger charge is 2.17. The minimum absolute atomic E-state index is 0.142. The van der Waals surface area contributed by atoms with E-state index in [9.17, 15) is 4.79 Å². The van der Waals surface area contributed by atoms with Crippen LogP contribution in [0.2, 0.25) is 0 Å². The second-order valence-corrected chi connectivity index (χ2v) is 10.6. The van der Waals surface area contributed by atoms with Crippen LogP contribution in [0.15, 0.2) is 137 Å². The van der Waals surface area contributed by atoms with Crippen molar-refractivity contribution in [1.29, 1.82) is 0 Å². The molecule has 0 amide bonds. The van der Waals surface area contributed by atoms with E-state index in [1.807, 2.05) is 78.9 Å². The Kier molecular flexibility index (Phi) is 4.70. The Hall–Kier alpha value is -5.81. The number of para-hydroxylation sites is 1. The number of aromatic nitrogens is 3. The number of pyridine rings is 2. The molecular formula is C37H21N3O2. The lowest BCUT2D eigenvalue weighted by Crippen LogP contribution is -2.17. The highest BCUT2D eigenvalue weighted by molar-refractivity contribution is 6.14. The normalized spacial score (nSPS) is 11.9. The molecule has 0 radical (unpaired) electrons. The molecule has 42 heavy (non-hydrogen) atoms. The van der Waals surface area contributed by atoms with Crippen LogP contribution in [-0.4, -0.2) is 14.4 Å². The SMILES string of the molecule is O=c1c2cc(-c3cccc4oc5ccccc5c34)ccc2nc2c3cc(-c4ccccc4)ccc3c3cccnc3n12. The minimum atomic E-state index is -0.142. The summed E-state index contributed by atoms with van der Waals surface area (Å²) in [5.41, 5.74) is 7.48. The molecule has 0 aliphatic rings. The minimum Gasteiger partial charge on any atom is -0.456 e. The van der Waals surface area contributed by atoms with Gasteiger partial charge in [-0.25, -0.2) is 14.4 Å². The molecule has 196 valence electrons. The van der Waals surface area contributed by atoms with Gasteiger partial charge >= 0.3 is 0 Å². The van der Waals surface area contributed by atoms with Crippen molar-refractivity contribution in [2.24, 2.45) is 0 Å². The van der Waals surface area contributed by atoms with Crippen molar-refractivity contribution in [2.45, 2.75) is 0 Å². The molecule has 0 aliphatic heterocycles. The molecule has 0 aliphatic carbocycles. The van der Waals surface area contributed by atoms with Crippen LogP contribution in [0, 0.1) is 0 Å². The summed E-state index contributed by atoms with van der Waals surface area (Å²) in [6, 6.07) is 40.6. The molecule has 5 heteroatoms. The fourth-order valence-corrected chi connectivity index (χ4v) is 6.31. The van der Waals surface area contributed by atoms with Gasteiger partial charge in [-0.05, 0) is 70.1 Å². The summed E-state index contributed by atoms with van der Waals surface area (Å²) in [5, 5.41) is 5.46. The summed E-state index contributed by atoms with van der Waals surface area (Å²) in [5.74, 6) is 0. The molecule has 9 aromatic rings. The Morgan fingerprint density at radius 1 is 0.548 bits per heavy atom. The molecule has 4 aromatic heterocycles. The van der Waals surface area contributed by atoms with Crippen molar-refractivity contribution in [3.8, 4) is 22.3 Å². The molecule has 0 bridgehead atoms. The van der Waals surface area contributed by atoms with E-state index in [2.05, 4.69) is 47.4 Å². The van der Waals surface area contributed by atoms with Crippen LogP contribution < -0.4 is 5.56 Å². The van der Waals surface area contributed by atoms with Crippen LogP contribution in [0.1, 0.15) is 0 Å². The first-order chi connectivity index (χ1) is 20.7. The van der Waals surface area contributed by atoms with Gasteiger partial charge in [0.15, 0.2) is 0 Å². The molecule has 0 saturated carbocycles. The Morgan fingerprint density at radius 2 is 1.33 bits per heavy atom. The van der Waals surface area contributed by atoms with Crippen LogP contribution in [-0.2, 0) is 0 Å². The molecule has 0 fully saturated rings. The van der Waals surface area contributed by atoms with Crippen LogP contribution in [0.3, 0.4) is 0 Å². The van der Waals surface area contributed by atoms with Gasteiger partial charge < -0.3 is 4.42 Å². The van der Waals surface area contributed by atoms with Crippen molar-refractivity contribution in [3.05, 3.63) is 138 Å². The molecule has 5 aromatic carbocycles. The summed E-state index contributed by atoms with van der Waals surface area (Å²) >= 11 is 0. The van der Waals surface area contributed by atoms with Gasteiger partial charge in [0.25, 0.3) is 5.56 Å². The third kappa shape index (κ3) is 3.22. The summed E-state index contributed by atoms with van der Waals surface area (Å²) in [6.45, 7) is 0. The molecule has 0 unspecified atom stereocenters. The van der Waals surface area contributed by atoms with E-state index in [0.717, 1.165) is 60.4 Å². The first kappa shape index (κ1) is 22.9. The van der Waals surface area contributed by atoms with Gasteiger partial charge in [-0.1, -0.05) is 78.9 Å². The van der Waals surface area contributed by atoms with Crippen LogP contribution in [0.5, 0.6) is 0 Å². The molecule has 4 heterocycles. The Bertz CT molecular complexity index is 2600. The van der Waals surface area contributed by atoms with Gasteiger partial charge in [0.1, 0.15) is 22.5 Å². The maximum Gasteiger partial charge on any atom is 0.267 e. The monoisotopic (exact) mass is 539 g/mol. The van der Waals surface area contributed by atoms with Gasteiger partial charge in [0.2, 0.25) is 0 Å².